The largest absolute Gasteiger partial charge is 0.449 e. The van der Waals surface area contributed by atoms with Gasteiger partial charge in [-0.2, -0.15) is 5.26 Å². The third-order valence-electron chi connectivity index (χ3n) is 6.38. The molecular weight excluding hydrogens is 462 g/mol. The number of carbonyl (C=O) groups excluding carboxylic acids is 2. The van der Waals surface area contributed by atoms with Crippen LogP contribution in [0, 0.1) is 11.3 Å². The maximum Gasteiger partial charge on any atom is 0.341 e. The quantitative estimate of drug-likeness (QED) is 0.356. The van der Waals surface area contributed by atoms with Crippen LogP contribution in [0.3, 0.4) is 0 Å². The average Bonchev–Trinajstić information content (AvgIpc) is 3.51. The predicted octanol–water partition coefficient (Wildman–Crippen LogP) is 5.61. The Balaban J connectivity index is 1.32. The van der Waals surface area contributed by atoms with Crippen molar-refractivity contribution in [3.63, 3.8) is 0 Å². The molecule has 4 aromatic rings. The fourth-order valence-electron chi connectivity index (χ4n) is 4.56. The van der Waals surface area contributed by atoms with E-state index in [2.05, 4.69) is 28.5 Å². The van der Waals surface area contributed by atoms with Gasteiger partial charge in [0.15, 0.2) is 18.1 Å². The monoisotopic (exact) mass is 485 g/mol. The Morgan fingerprint density at radius 2 is 2.09 bits per heavy atom. The van der Waals surface area contributed by atoms with E-state index in [4.69, 9.17) is 9.15 Å². The van der Waals surface area contributed by atoms with Crippen molar-refractivity contribution in [2.75, 3.05) is 5.32 Å². The Morgan fingerprint density at radius 3 is 2.86 bits per heavy atom. The van der Waals surface area contributed by atoms with Gasteiger partial charge in [-0.05, 0) is 54.9 Å². The van der Waals surface area contributed by atoms with Gasteiger partial charge in [-0.15, -0.1) is 11.3 Å². The van der Waals surface area contributed by atoms with Crippen LogP contribution >= 0.6 is 11.3 Å². The van der Waals surface area contributed by atoms with Crippen LogP contribution in [0.1, 0.15) is 57.6 Å². The number of benzene rings is 2. The second-order valence-electron chi connectivity index (χ2n) is 8.47. The molecule has 0 radical (unpaired) electrons. The molecule has 2 aromatic heterocycles. The number of fused-ring (bicyclic) bond motifs is 2. The van der Waals surface area contributed by atoms with E-state index in [1.54, 1.807) is 25.1 Å². The summed E-state index contributed by atoms with van der Waals surface area (Å²) in [6, 6.07) is 17.6. The predicted molar refractivity (Wildman–Crippen MR) is 132 cm³/mol. The number of oxazole rings is 1. The molecule has 8 heteroatoms. The van der Waals surface area contributed by atoms with Gasteiger partial charge in [0, 0.05) is 4.88 Å². The number of carbonyl (C=O) groups is 2. The molecule has 1 aliphatic rings. The maximum atomic E-state index is 13.1. The minimum Gasteiger partial charge on any atom is -0.449 e. The number of anilines is 1. The maximum absolute atomic E-state index is 13.1. The van der Waals surface area contributed by atoms with E-state index in [0.717, 1.165) is 29.7 Å². The molecule has 0 bridgehead atoms. The van der Waals surface area contributed by atoms with E-state index in [9.17, 15) is 14.9 Å². The highest BCUT2D eigenvalue weighted by molar-refractivity contribution is 7.16. The van der Waals surface area contributed by atoms with Crippen molar-refractivity contribution < 1.29 is 18.7 Å². The zero-order valence-corrected chi connectivity index (χ0v) is 19.9. The molecule has 176 valence electrons. The lowest BCUT2D eigenvalue weighted by molar-refractivity contribution is -0.124. The number of amides is 1. The van der Waals surface area contributed by atoms with Gasteiger partial charge in [0.1, 0.15) is 16.6 Å². The van der Waals surface area contributed by atoms with Crippen LogP contribution in [0.4, 0.5) is 5.00 Å². The summed E-state index contributed by atoms with van der Waals surface area (Å²) in [5.74, 6) is -0.716. The average molecular weight is 486 g/mol. The smallest absolute Gasteiger partial charge is 0.341 e. The van der Waals surface area contributed by atoms with Gasteiger partial charge in [0.2, 0.25) is 0 Å². The summed E-state index contributed by atoms with van der Waals surface area (Å²) < 4.78 is 10.8. The van der Waals surface area contributed by atoms with Crippen molar-refractivity contribution in [2.24, 2.45) is 0 Å². The molecule has 0 saturated carbocycles. The second-order valence-corrected chi connectivity index (χ2v) is 9.57. The van der Waals surface area contributed by atoms with Gasteiger partial charge < -0.3 is 14.5 Å². The lowest BCUT2D eigenvalue weighted by atomic mass is 9.83. The van der Waals surface area contributed by atoms with Crippen LogP contribution in [-0.4, -0.2) is 23.0 Å². The molecule has 2 unspecified atom stereocenters. The number of nitrogens with one attached hydrogen (secondary N) is 1. The minimum absolute atomic E-state index is 0.235. The van der Waals surface area contributed by atoms with Gasteiger partial charge in [-0.3, -0.25) is 4.79 Å². The van der Waals surface area contributed by atoms with Crippen LogP contribution in [0.5, 0.6) is 0 Å². The number of rotatable bonds is 6. The summed E-state index contributed by atoms with van der Waals surface area (Å²) in [7, 11) is 0. The summed E-state index contributed by atoms with van der Waals surface area (Å²) in [6.45, 7) is 1.77. The van der Waals surface area contributed by atoms with Crippen LogP contribution in [-0.2, 0) is 22.4 Å². The molecule has 0 aliphatic heterocycles. The Hall–Kier alpha value is -3.96. The molecule has 0 fully saturated rings. The number of ether oxygens (including phenoxy) is 1. The molecule has 0 saturated heterocycles. The Labute approximate surface area is 206 Å². The van der Waals surface area contributed by atoms with Gasteiger partial charge in [-0.25, -0.2) is 9.78 Å². The molecule has 1 amide bonds. The first kappa shape index (κ1) is 22.8. The van der Waals surface area contributed by atoms with Crippen molar-refractivity contribution in [1.29, 1.82) is 5.26 Å². The Morgan fingerprint density at radius 1 is 1.26 bits per heavy atom. The Bertz CT molecular complexity index is 1430. The second kappa shape index (κ2) is 9.72. The van der Waals surface area contributed by atoms with E-state index >= 15 is 0 Å². The lowest BCUT2D eigenvalue weighted by Crippen LogP contribution is -2.32. The SMILES string of the molecule is CCC(OC(=O)c1cccc2ocnc12)C(=O)Nc1sc2c(c1C#N)CCC(c1ccccc1)C2. The standard InChI is InChI=1S/C27H23N3O4S/c1-2-21(34-27(32)19-9-6-10-22-24(19)29-15-33-22)25(31)30-26-20(14-28)18-12-11-17(13-23(18)35-26)16-7-4-3-5-8-16/h3-10,15,17,21H,2,11-13H2,1H3,(H,30,31). The number of thiophene rings is 1. The van der Waals surface area contributed by atoms with Gasteiger partial charge in [-0.1, -0.05) is 43.3 Å². The number of nitrogens with zero attached hydrogens (tertiary/aromatic N) is 2. The zero-order valence-electron chi connectivity index (χ0n) is 19.1. The van der Waals surface area contributed by atoms with Crippen molar-refractivity contribution in [1.82, 2.24) is 4.98 Å². The number of hydrogen-bond acceptors (Lipinski definition) is 7. The molecule has 2 heterocycles. The van der Waals surface area contributed by atoms with Crippen LogP contribution in [0.25, 0.3) is 11.1 Å². The van der Waals surface area contributed by atoms with Crippen molar-refractivity contribution in [3.05, 3.63) is 82.1 Å². The number of nitriles is 1. The van der Waals surface area contributed by atoms with Crippen molar-refractivity contribution in [2.45, 2.75) is 44.6 Å². The van der Waals surface area contributed by atoms with E-state index in [0.29, 0.717) is 27.6 Å². The fraction of sp³-hybridized carbons (Fsp3) is 0.259. The Kier molecular flexibility index (Phi) is 6.34. The normalized spacial score (nSPS) is 15.7. The summed E-state index contributed by atoms with van der Waals surface area (Å²) >= 11 is 1.44. The number of hydrogen-bond donors (Lipinski definition) is 1. The first-order chi connectivity index (χ1) is 17.1. The molecule has 35 heavy (non-hydrogen) atoms. The molecular formula is C27H23N3O4S. The molecule has 1 N–H and O–H groups in total. The van der Waals surface area contributed by atoms with Gasteiger partial charge in [0.25, 0.3) is 5.91 Å². The summed E-state index contributed by atoms with van der Waals surface area (Å²) in [5.41, 5.74) is 3.91. The highest BCUT2D eigenvalue weighted by atomic mass is 32.1. The summed E-state index contributed by atoms with van der Waals surface area (Å²) in [5, 5.41) is 13.2. The molecule has 0 spiro atoms. The molecule has 5 rings (SSSR count). The minimum atomic E-state index is -1.01. The highest BCUT2D eigenvalue weighted by Gasteiger charge is 2.29. The summed E-state index contributed by atoms with van der Waals surface area (Å²) in [4.78, 5) is 31.1. The number of aromatic nitrogens is 1. The van der Waals surface area contributed by atoms with Crippen LogP contribution in [0.15, 0.2) is 59.3 Å². The fourth-order valence-corrected chi connectivity index (χ4v) is 5.84. The lowest BCUT2D eigenvalue weighted by Gasteiger charge is -2.22. The third kappa shape index (κ3) is 4.43. The third-order valence-corrected chi connectivity index (χ3v) is 7.55. The zero-order chi connectivity index (χ0) is 24.4. The van der Waals surface area contributed by atoms with Crippen molar-refractivity contribution >= 4 is 39.3 Å². The van der Waals surface area contributed by atoms with Gasteiger partial charge >= 0.3 is 5.97 Å². The van der Waals surface area contributed by atoms with Crippen molar-refractivity contribution in [3.8, 4) is 6.07 Å². The van der Waals surface area contributed by atoms with E-state index in [-0.39, 0.29) is 12.0 Å². The van der Waals surface area contributed by atoms with E-state index in [1.165, 1.54) is 23.3 Å². The van der Waals surface area contributed by atoms with E-state index in [1.807, 2.05) is 18.2 Å². The van der Waals surface area contributed by atoms with Crippen LogP contribution in [0.2, 0.25) is 0 Å². The topological polar surface area (TPSA) is 105 Å². The van der Waals surface area contributed by atoms with E-state index < -0.39 is 18.0 Å². The number of para-hydroxylation sites is 1. The first-order valence-electron chi connectivity index (χ1n) is 11.5. The summed E-state index contributed by atoms with van der Waals surface area (Å²) in [6.07, 6.45) is 3.12. The molecule has 7 nitrogen and oxygen atoms in total. The molecule has 2 atom stereocenters. The molecule has 2 aromatic carbocycles. The first-order valence-corrected chi connectivity index (χ1v) is 12.3. The molecule has 1 aliphatic carbocycles. The number of esters is 1. The highest BCUT2D eigenvalue weighted by Crippen LogP contribution is 2.42. The van der Waals surface area contributed by atoms with Crippen LogP contribution < -0.4 is 5.32 Å². The van der Waals surface area contributed by atoms with Gasteiger partial charge in [0.05, 0.1) is 11.1 Å².